The first-order valence-electron chi connectivity index (χ1n) is 13.5. The van der Waals surface area contributed by atoms with Gasteiger partial charge in [0.2, 0.25) is 0 Å². The van der Waals surface area contributed by atoms with Crippen molar-refractivity contribution >= 4 is 11.9 Å². The lowest BCUT2D eigenvalue weighted by Gasteiger charge is -2.25. The quantitative estimate of drug-likeness (QED) is 0.367. The molecule has 0 aliphatic heterocycles. The molecule has 1 aliphatic rings. The normalized spacial score (nSPS) is 15.5. The number of halogens is 3. The topological polar surface area (TPSA) is 71.3 Å². The molecule has 0 radical (unpaired) electrons. The second kappa shape index (κ2) is 11.1. The molecule has 1 aromatic carbocycles. The number of amides is 1. The van der Waals surface area contributed by atoms with Crippen LogP contribution in [-0.2, 0) is 22.9 Å². The van der Waals surface area contributed by atoms with E-state index < -0.39 is 28.5 Å². The van der Waals surface area contributed by atoms with Gasteiger partial charge < -0.3 is 15.0 Å². The molecule has 2 aromatic rings. The van der Waals surface area contributed by atoms with E-state index in [2.05, 4.69) is 5.32 Å². The fraction of sp³-hybridized carbons (Fsp3) is 0.600. The fourth-order valence-electron chi connectivity index (χ4n) is 5.04. The molecule has 1 aliphatic carbocycles. The van der Waals surface area contributed by atoms with E-state index in [4.69, 9.17) is 0 Å². The first kappa shape index (κ1) is 29.8. The number of carbonyl (C=O) groups is 2. The average molecular weight is 535 g/mol. The van der Waals surface area contributed by atoms with Crippen molar-refractivity contribution in [3.63, 3.8) is 0 Å². The summed E-state index contributed by atoms with van der Waals surface area (Å²) >= 11 is 0. The first-order chi connectivity index (χ1) is 17.5. The van der Waals surface area contributed by atoms with Crippen molar-refractivity contribution in [1.82, 2.24) is 9.88 Å². The minimum absolute atomic E-state index is 0.179. The number of carboxylic acid groups (broad SMARTS) is 1. The van der Waals surface area contributed by atoms with E-state index in [9.17, 15) is 27.9 Å². The minimum atomic E-state index is -4.50. The molecule has 8 heteroatoms. The molecule has 0 atom stereocenters. The standard InChI is InChI=1S/C30H41F3N2O3/c1-19-24(26(36)34-13-12-29(5,6)27(37)38)17-25(35(19)18-20-10-8-7-9-11-20)21-14-22(28(2,3)4)16-23(15-21)30(31,32)33/h14-17,20H,7-13,18H2,1-6H3,(H,34,36)(H,37,38). The van der Waals surface area contributed by atoms with E-state index in [1.807, 2.05) is 32.3 Å². The number of benzene rings is 1. The zero-order chi connectivity index (χ0) is 28.5. The van der Waals surface area contributed by atoms with Crippen LogP contribution in [0.1, 0.15) is 100 Å². The largest absolute Gasteiger partial charge is 0.481 e. The molecular weight excluding hydrogens is 493 g/mol. The maximum Gasteiger partial charge on any atom is 0.416 e. The summed E-state index contributed by atoms with van der Waals surface area (Å²) in [6.45, 7) is 11.5. The summed E-state index contributed by atoms with van der Waals surface area (Å²) in [6.07, 6.45) is 1.32. The van der Waals surface area contributed by atoms with Crippen molar-refractivity contribution in [3.8, 4) is 11.3 Å². The van der Waals surface area contributed by atoms with Crippen LogP contribution in [0, 0.1) is 18.3 Å². The van der Waals surface area contributed by atoms with Gasteiger partial charge in [-0.3, -0.25) is 9.59 Å². The van der Waals surface area contributed by atoms with Crippen LogP contribution in [0.3, 0.4) is 0 Å². The molecule has 1 fully saturated rings. The lowest BCUT2D eigenvalue weighted by molar-refractivity contribution is -0.147. The van der Waals surface area contributed by atoms with E-state index in [0.29, 0.717) is 40.5 Å². The Morgan fingerprint density at radius 1 is 0.974 bits per heavy atom. The second-order valence-electron chi connectivity index (χ2n) is 12.4. The van der Waals surface area contributed by atoms with Crippen LogP contribution in [-0.4, -0.2) is 28.1 Å². The number of hydrogen-bond donors (Lipinski definition) is 2. The number of alkyl halides is 3. The number of nitrogens with one attached hydrogen (secondary N) is 1. The van der Waals surface area contributed by atoms with Gasteiger partial charge in [0.15, 0.2) is 0 Å². The van der Waals surface area contributed by atoms with Gasteiger partial charge >= 0.3 is 12.1 Å². The Hall–Kier alpha value is -2.77. The van der Waals surface area contributed by atoms with Crippen molar-refractivity contribution in [2.75, 3.05) is 6.54 Å². The summed E-state index contributed by atoms with van der Waals surface area (Å²) in [5.41, 5.74) is 0.534. The number of aromatic nitrogens is 1. The van der Waals surface area contributed by atoms with Gasteiger partial charge in [-0.05, 0) is 86.8 Å². The van der Waals surface area contributed by atoms with Gasteiger partial charge in [-0.15, -0.1) is 0 Å². The monoisotopic (exact) mass is 534 g/mol. The summed E-state index contributed by atoms with van der Waals surface area (Å²) in [5, 5.41) is 12.2. The zero-order valence-electron chi connectivity index (χ0n) is 23.4. The molecule has 210 valence electrons. The van der Waals surface area contributed by atoms with Gasteiger partial charge in [0.05, 0.1) is 16.5 Å². The SMILES string of the molecule is Cc1c(C(=O)NCCC(C)(C)C(=O)O)cc(-c2cc(C(C)(C)C)cc(C(F)(F)F)c2)n1CC1CCCCC1. The van der Waals surface area contributed by atoms with E-state index in [0.717, 1.165) is 25.7 Å². The van der Waals surface area contributed by atoms with Gasteiger partial charge in [0.25, 0.3) is 5.91 Å². The Kier molecular flexibility index (Phi) is 8.74. The van der Waals surface area contributed by atoms with Crippen molar-refractivity contribution in [3.05, 3.63) is 46.6 Å². The van der Waals surface area contributed by atoms with Gasteiger partial charge in [0, 0.05) is 24.5 Å². The third kappa shape index (κ3) is 7.00. The van der Waals surface area contributed by atoms with Crippen LogP contribution in [0.25, 0.3) is 11.3 Å². The van der Waals surface area contributed by atoms with Crippen molar-refractivity contribution in [2.24, 2.45) is 11.3 Å². The molecule has 2 N–H and O–H groups in total. The van der Waals surface area contributed by atoms with Gasteiger partial charge in [-0.25, -0.2) is 0 Å². The second-order valence-corrected chi connectivity index (χ2v) is 12.4. The van der Waals surface area contributed by atoms with Gasteiger partial charge in [-0.1, -0.05) is 40.0 Å². The van der Waals surface area contributed by atoms with Crippen LogP contribution in [0.5, 0.6) is 0 Å². The van der Waals surface area contributed by atoms with E-state index >= 15 is 0 Å². The van der Waals surface area contributed by atoms with Crippen LogP contribution >= 0.6 is 0 Å². The Labute approximate surface area is 223 Å². The summed E-state index contributed by atoms with van der Waals surface area (Å²) in [7, 11) is 0. The molecule has 0 bridgehead atoms. The van der Waals surface area contributed by atoms with Gasteiger partial charge in [0.1, 0.15) is 0 Å². The molecule has 1 aromatic heterocycles. The maximum absolute atomic E-state index is 13.9. The average Bonchev–Trinajstić information content (AvgIpc) is 3.14. The molecule has 1 amide bonds. The van der Waals surface area contributed by atoms with Crippen molar-refractivity contribution in [1.29, 1.82) is 0 Å². The minimum Gasteiger partial charge on any atom is -0.481 e. The Morgan fingerprint density at radius 3 is 2.13 bits per heavy atom. The Morgan fingerprint density at radius 2 is 1.58 bits per heavy atom. The highest BCUT2D eigenvalue weighted by Crippen LogP contribution is 2.38. The third-order valence-electron chi connectivity index (χ3n) is 7.81. The molecule has 1 heterocycles. The molecular formula is C30H41F3N2O3. The summed E-state index contributed by atoms with van der Waals surface area (Å²) in [6, 6.07) is 5.89. The Bertz CT molecular complexity index is 1130. The third-order valence-corrected chi connectivity index (χ3v) is 7.81. The highest BCUT2D eigenvalue weighted by atomic mass is 19.4. The molecule has 0 saturated heterocycles. The van der Waals surface area contributed by atoms with E-state index in [1.54, 1.807) is 26.0 Å². The molecule has 3 rings (SSSR count). The highest BCUT2D eigenvalue weighted by Gasteiger charge is 2.33. The number of carbonyl (C=O) groups excluding carboxylic acids is 1. The van der Waals surface area contributed by atoms with Crippen molar-refractivity contribution in [2.45, 2.75) is 98.2 Å². The molecule has 1 saturated carbocycles. The molecule has 5 nitrogen and oxygen atoms in total. The number of nitrogens with zero attached hydrogens (tertiary/aromatic N) is 1. The summed E-state index contributed by atoms with van der Waals surface area (Å²) in [5.74, 6) is -0.896. The summed E-state index contributed by atoms with van der Waals surface area (Å²) < 4.78 is 43.8. The van der Waals surface area contributed by atoms with Crippen LogP contribution < -0.4 is 5.32 Å². The van der Waals surface area contributed by atoms with E-state index in [-0.39, 0.29) is 18.9 Å². The lowest BCUT2D eigenvalue weighted by atomic mass is 9.84. The van der Waals surface area contributed by atoms with Crippen LogP contribution in [0.15, 0.2) is 24.3 Å². The van der Waals surface area contributed by atoms with E-state index in [1.165, 1.54) is 18.6 Å². The Balaban J connectivity index is 2.06. The number of aliphatic carboxylic acids is 1. The smallest absolute Gasteiger partial charge is 0.416 e. The molecule has 38 heavy (non-hydrogen) atoms. The first-order valence-corrected chi connectivity index (χ1v) is 13.5. The predicted octanol–water partition coefficient (Wildman–Crippen LogP) is 7.59. The lowest BCUT2D eigenvalue weighted by Crippen LogP contribution is -2.32. The fourth-order valence-corrected chi connectivity index (χ4v) is 5.04. The molecule has 0 spiro atoms. The number of carboxylic acids is 1. The van der Waals surface area contributed by atoms with Crippen LogP contribution in [0.2, 0.25) is 0 Å². The maximum atomic E-state index is 13.9. The predicted molar refractivity (Wildman–Crippen MR) is 143 cm³/mol. The van der Waals surface area contributed by atoms with Gasteiger partial charge in [-0.2, -0.15) is 13.2 Å². The van der Waals surface area contributed by atoms with Crippen LogP contribution in [0.4, 0.5) is 13.2 Å². The summed E-state index contributed by atoms with van der Waals surface area (Å²) in [4.78, 5) is 24.6. The highest BCUT2D eigenvalue weighted by molar-refractivity contribution is 5.97. The molecule has 0 unspecified atom stereocenters. The number of hydrogen-bond acceptors (Lipinski definition) is 2. The zero-order valence-corrected chi connectivity index (χ0v) is 23.4. The van der Waals surface area contributed by atoms with Crippen molar-refractivity contribution < 1.29 is 27.9 Å². The number of rotatable bonds is 8.